The Morgan fingerprint density at radius 3 is 2.52 bits per heavy atom. The number of anilines is 1. The van der Waals surface area contributed by atoms with Gasteiger partial charge in [-0.05, 0) is 37.0 Å². The van der Waals surface area contributed by atoms with E-state index in [1.54, 1.807) is 12.1 Å². The first kappa shape index (κ1) is 10.8. The Hall–Kier alpha value is -2.61. The van der Waals surface area contributed by atoms with Crippen molar-refractivity contribution < 1.29 is 38.6 Å². The number of rotatable bonds is 9. The number of methoxy groups -OCH3 is 1. The van der Waals surface area contributed by atoms with E-state index < -0.39 is 80.2 Å². The molecule has 7 nitrogen and oxygen atoms in total. The van der Waals surface area contributed by atoms with Crippen LogP contribution in [0.4, 0.5) is 5.69 Å². The predicted molar refractivity (Wildman–Crippen MR) is 122 cm³/mol. The molecule has 1 fully saturated rings. The van der Waals surface area contributed by atoms with Gasteiger partial charge in [-0.1, -0.05) is 30.3 Å². The van der Waals surface area contributed by atoms with Crippen molar-refractivity contribution in [3.63, 3.8) is 0 Å². The molecular formula is C24H33N3O4. The van der Waals surface area contributed by atoms with Crippen molar-refractivity contribution in [2.45, 2.75) is 19.8 Å². The van der Waals surface area contributed by atoms with Crippen LogP contribution in [0.25, 0.3) is 0 Å². The van der Waals surface area contributed by atoms with Gasteiger partial charge in [0.1, 0.15) is 12.6 Å². The van der Waals surface area contributed by atoms with Crippen LogP contribution in [0.3, 0.4) is 0 Å². The zero-order valence-corrected chi connectivity index (χ0v) is 16.9. The van der Waals surface area contributed by atoms with E-state index in [9.17, 15) is 9.90 Å². The number of hydrogen-bond acceptors (Lipinski definition) is 6. The average molecular weight is 442 g/mol. The number of aliphatic hydroxyl groups is 1. The van der Waals surface area contributed by atoms with Crippen LogP contribution in [0.15, 0.2) is 42.4 Å². The van der Waals surface area contributed by atoms with E-state index in [-0.39, 0.29) is 37.7 Å². The van der Waals surface area contributed by atoms with E-state index >= 15 is 0 Å². The van der Waals surface area contributed by atoms with Gasteiger partial charge in [0.25, 0.3) is 0 Å². The molecule has 31 heavy (non-hydrogen) atoms. The summed E-state index contributed by atoms with van der Waals surface area (Å²) in [6, 6.07) is 3.10. The van der Waals surface area contributed by atoms with Gasteiger partial charge < -0.3 is 19.9 Å². The number of nitrogens with one attached hydrogen (secondary N) is 1. The minimum absolute atomic E-state index is 0.0459. The molecule has 0 aliphatic carbocycles. The van der Waals surface area contributed by atoms with Crippen molar-refractivity contribution in [1.82, 2.24) is 9.80 Å². The monoisotopic (exact) mass is 441 g/mol. The topological polar surface area (TPSA) is 74.3 Å². The van der Waals surface area contributed by atoms with Gasteiger partial charge in [-0.3, -0.25) is 14.6 Å². The Labute approximate surface area is 204 Å². The fraction of sp³-hybridized carbons (Fsp3) is 0.458. The molecule has 2 N–H and O–H groups in total. The molecule has 0 aromatic heterocycles. The second-order valence-corrected chi connectivity index (χ2v) is 6.63. The maximum absolute atomic E-state index is 13.2. The summed E-state index contributed by atoms with van der Waals surface area (Å²) in [6.45, 7) is -13.3. The van der Waals surface area contributed by atoms with E-state index in [2.05, 4.69) is 0 Å². The lowest BCUT2D eigenvalue weighted by molar-refractivity contribution is -0.117. The largest absolute Gasteiger partial charge is 0.493 e. The maximum atomic E-state index is 13.2. The zero-order chi connectivity index (χ0) is 34.3. The van der Waals surface area contributed by atoms with Crippen molar-refractivity contribution >= 4 is 11.6 Å². The first-order valence-corrected chi connectivity index (χ1v) is 9.43. The molecule has 1 atom stereocenters. The maximum Gasteiger partial charge on any atom is 0.238 e. The van der Waals surface area contributed by atoms with Crippen LogP contribution in [0.5, 0.6) is 11.5 Å². The molecule has 1 aliphatic rings. The standard InChI is InChI=1S/C24H33N3O4/c1-18-7-6-8-19(2)24(18)25-23(29)16-27-13-11-26(12-14-27)15-20(28)17-31-22-10-5-4-9-21(22)30-3/h4-10,20,28H,11-17H2,1-3H3,(H,25,29)/i1D3,2D3,6D,7D,8D,16D2,17D2,20D. The minimum Gasteiger partial charge on any atom is -0.493 e. The highest BCUT2D eigenvalue weighted by Gasteiger charge is 2.21. The number of carbonyl (C=O) groups excluding carboxylic acids is 1. The van der Waals surface area contributed by atoms with Gasteiger partial charge >= 0.3 is 0 Å². The first-order chi connectivity index (χ1) is 20.5. The van der Waals surface area contributed by atoms with Gasteiger partial charge in [-0.2, -0.15) is 0 Å². The summed E-state index contributed by atoms with van der Waals surface area (Å²) in [7, 11) is 1.34. The normalized spacial score (nSPS) is 25.4. The highest BCUT2D eigenvalue weighted by molar-refractivity contribution is 5.93. The first-order valence-electron chi connectivity index (χ1n) is 16.4. The Morgan fingerprint density at radius 2 is 1.87 bits per heavy atom. The van der Waals surface area contributed by atoms with E-state index in [0.717, 1.165) is 4.90 Å². The van der Waals surface area contributed by atoms with Gasteiger partial charge in [0.15, 0.2) is 11.5 Å². The lowest BCUT2D eigenvalue weighted by atomic mass is 10.1. The van der Waals surface area contributed by atoms with Crippen molar-refractivity contribution in [3.05, 3.63) is 53.5 Å². The van der Waals surface area contributed by atoms with E-state index in [1.807, 2.05) is 5.32 Å². The molecule has 1 amide bonds. The molecule has 2 aromatic rings. The smallest absolute Gasteiger partial charge is 0.238 e. The molecule has 168 valence electrons. The molecule has 0 spiro atoms. The number of para-hydroxylation sites is 3. The Balaban J connectivity index is 1.79. The molecule has 0 bridgehead atoms. The van der Waals surface area contributed by atoms with E-state index in [4.69, 9.17) is 28.7 Å². The lowest BCUT2D eigenvalue weighted by Gasteiger charge is -2.35. The number of benzene rings is 2. The average Bonchev–Trinajstić information content (AvgIpc) is 2.90. The van der Waals surface area contributed by atoms with Crippen LogP contribution < -0.4 is 14.8 Å². The number of β-amino-alcohol motifs (C(OH)–C–C–N with tert-alkyl or cyclic N) is 1. The van der Waals surface area contributed by atoms with E-state index in [1.165, 1.54) is 24.1 Å². The van der Waals surface area contributed by atoms with Gasteiger partial charge in [0.2, 0.25) is 5.91 Å². The van der Waals surface area contributed by atoms with E-state index in [0.29, 0.717) is 0 Å². The number of hydrogen-bond donors (Lipinski definition) is 2. The molecule has 0 radical (unpaired) electrons. The highest BCUT2D eigenvalue weighted by Crippen LogP contribution is 2.25. The van der Waals surface area contributed by atoms with Crippen molar-refractivity contribution in [3.8, 4) is 11.5 Å². The molecule has 1 aliphatic heterocycles. The second-order valence-electron chi connectivity index (χ2n) is 6.63. The summed E-state index contributed by atoms with van der Waals surface area (Å²) in [5, 5.41) is 12.7. The Morgan fingerprint density at radius 1 is 1.23 bits per heavy atom. The fourth-order valence-corrected chi connectivity index (χ4v) is 2.90. The summed E-state index contributed by atoms with van der Waals surface area (Å²) in [4.78, 5) is 15.7. The Kier molecular flexibility index (Phi) is 3.88. The minimum atomic E-state index is -3.20. The van der Waals surface area contributed by atoms with Crippen molar-refractivity contribution in [1.29, 1.82) is 0 Å². The molecular weight excluding hydrogens is 394 g/mol. The van der Waals surface area contributed by atoms with Crippen molar-refractivity contribution in [2.24, 2.45) is 0 Å². The van der Waals surface area contributed by atoms with Crippen LogP contribution in [0.1, 0.15) is 30.3 Å². The second kappa shape index (κ2) is 11.1. The summed E-state index contributed by atoms with van der Waals surface area (Å²) in [5.74, 6) is -1.35. The highest BCUT2D eigenvalue weighted by atomic mass is 16.5. The van der Waals surface area contributed by atoms with Gasteiger partial charge in [-0.25, -0.2) is 0 Å². The fourth-order valence-electron chi connectivity index (χ4n) is 2.90. The third-order valence-corrected chi connectivity index (χ3v) is 4.47. The van der Waals surface area contributed by atoms with Crippen LogP contribution in [-0.4, -0.2) is 79.8 Å². The molecule has 2 aromatic carbocycles. The quantitative estimate of drug-likeness (QED) is 0.622. The molecule has 1 heterocycles. The molecule has 1 saturated heterocycles. The summed E-state index contributed by atoms with van der Waals surface area (Å²) in [5.41, 5.74) is -2.98. The number of piperazine rings is 1. The third-order valence-electron chi connectivity index (χ3n) is 4.47. The number of ether oxygens (including phenoxy) is 2. The number of amides is 1. The SMILES string of the molecule is [2H]c1c([2H])c(C([2H])([2H])[2H])c(NC(=O)C([2H])([2H])N2CCN(CC([2H])(O)C([2H])([2H])Oc3ccccc3OC)CC2)c(C([2H])([2H])[2H])c1[2H]. The molecule has 3 rings (SSSR count). The summed E-state index contributed by atoms with van der Waals surface area (Å²) in [6.07, 6.45) is -2.81. The van der Waals surface area contributed by atoms with Gasteiger partial charge in [0.05, 0.1) is 24.6 Å². The zero-order valence-electron chi connectivity index (χ0n) is 30.9. The van der Waals surface area contributed by atoms with Crippen LogP contribution in [0, 0.1) is 13.7 Å². The van der Waals surface area contributed by atoms with Crippen LogP contribution >= 0.6 is 0 Å². The van der Waals surface area contributed by atoms with Gasteiger partial charge in [0, 0.05) is 46.6 Å². The van der Waals surface area contributed by atoms with Crippen molar-refractivity contribution in [2.75, 3.05) is 58.2 Å². The molecule has 7 heteroatoms. The Bertz CT molecular complexity index is 1370. The summed E-state index contributed by atoms with van der Waals surface area (Å²) < 4.78 is 123. The number of nitrogens with zero attached hydrogens (tertiary/aromatic N) is 2. The lowest BCUT2D eigenvalue weighted by Crippen LogP contribution is -2.50. The van der Waals surface area contributed by atoms with Crippen LogP contribution in [-0.2, 0) is 4.79 Å². The van der Waals surface area contributed by atoms with Crippen LogP contribution in [0.2, 0.25) is 0 Å². The van der Waals surface area contributed by atoms with Gasteiger partial charge in [-0.15, -0.1) is 0 Å². The third kappa shape index (κ3) is 6.69. The molecule has 1 unspecified atom stereocenters. The summed E-state index contributed by atoms with van der Waals surface area (Å²) >= 11 is 0. The molecule has 0 saturated carbocycles. The predicted octanol–water partition coefficient (Wildman–Crippen LogP) is 2.31. The number of carbonyl (C=O) groups is 1.